The number of benzene rings is 1. The van der Waals surface area contributed by atoms with E-state index >= 15 is 0 Å². The summed E-state index contributed by atoms with van der Waals surface area (Å²) in [5.74, 6) is 1.15. The smallest absolute Gasteiger partial charge is 0.312 e. The molecule has 1 aliphatic heterocycles. The minimum absolute atomic E-state index is 0.0934. The van der Waals surface area contributed by atoms with Crippen molar-refractivity contribution in [1.29, 1.82) is 0 Å². The van der Waals surface area contributed by atoms with Crippen molar-refractivity contribution in [3.8, 4) is 11.4 Å². The topological polar surface area (TPSA) is 72.6 Å². The average molecular weight is 344 g/mol. The van der Waals surface area contributed by atoms with Crippen LogP contribution in [-0.4, -0.2) is 46.0 Å². The molecule has 0 spiro atoms. The summed E-state index contributed by atoms with van der Waals surface area (Å²) < 4.78 is 6.46. The van der Waals surface area contributed by atoms with E-state index in [-0.39, 0.29) is 11.9 Å². The molecule has 24 heavy (non-hydrogen) atoms. The fourth-order valence-corrected chi connectivity index (χ4v) is 2.83. The van der Waals surface area contributed by atoms with E-state index in [1.54, 1.807) is 16.6 Å². The lowest BCUT2D eigenvalue weighted by Gasteiger charge is -2.38. The third-order valence-corrected chi connectivity index (χ3v) is 4.34. The number of rotatable bonds is 3. The fourth-order valence-electron chi connectivity index (χ4n) is 2.71. The summed E-state index contributed by atoms with van der Waals surface area (Å²) in [6.07, 6.45) is 0. The van der Waals surface area contributed by atoms with Gasteiger partial charge in [0.05, 0.1) is 13.0 Å². The van der Waals surface area contributed by atoms with Crippen LogP contribution in [-0.2, 0) is 9.53 Å². The molecule has 0 radical (unpaired) electrons. The quantitative estimate of drug-likeness (QED) is 0.678. The molecule has 1 aliphatic rings. The fraction of sp³-hybridized carbons (Fsp3) is 0.250. The SMILES string of the molecule is COC(=O)C1CN(c2ccc3nnc(-c4ccc(Cl)cc4)n3n2)C1. The highest BCUT2D eigenvalue weighted by molar-refractivity contribution is 6.30. The number of nitrogens with zero attached hydrogens (tertiary/aromatic N) is 5. The van der Waals surface area contributed by atoms with Crippen LogP contribution in [0.25, 0.3) is 17.0 Å². The summed E-state index contributed by atoms with van der Waals surface area (Å²) in [7, 11) is 1.41. The van der Waals surface area contributed by atoms with Crippen molar-refractivity contribution in [3.05, 3.63) is 41.4 Å². The molecule has 1 fully saturated rings. The second-order valence-corrected chi connectivity index (χ2v) is 6.05. The van der Waals surface area contributed by atoms with Crippen LogP contribution >= 0.6 is 11.6 Å². The van der Waals surface area contributed by atoms with E-state index in [9.17, 15) is 4.79 Å². The van der Waals surface area contributed by atoms with Crippen LogP contribution in [0.15, 0.2) is 36.4 Å². The molecule has 1 saturated heterocycles. The van der Waals surface area contributed by atoms with Gasteiger partial charge in [-0.1, -0.05) is 11.6 Å². The number of carbonyl (C=O) groups is 1. The monoisotopic (exact) mass is 343 g/mol. The number of fused-ring (bicyclic) bond motifs is 1. The van der Waals surface area contributed by atoms with Gasteiger partial charge in [-0.25, -0.2) is 0 Å². The predicted molar refractivity (Wildman–Crippen MR) is 88.9 cm³/mol. The Morgan fingerprint density at radius 1 is 1.17 bits per heavy atom. The Labute approximate surface area is 142 Å². The van der Waals surface area contributed by atoms with Crippen LogP contribution in [0, 0.1) is 5.92 Å². The number of aromatic nitrogens is 4. The minimum Gasteiger partial charge on any atom is -0.469 e. The van der Waals surface area contributed by atoms with Gasteiger partial charge in [0, 0.05) is 23.7 Å². The summed E-state index contributed by atoms with van der Waals surface area (Å²) in [6.45, 7) is 1.20. The van der Waals surface area contributed by atoms with Crippen LogP contribution in [0.3, 0.4) is 0 Å². The van der Waals surface area contributed by atoms with Crippen molar-refractivity contribution in [1.82, 2.24) is 19.8 Å². The van der Waals surface area contributed by atoms with Crippen LogP contribution in [0.5, 0.6) is 0 Å². The highest BCUT2D eigenvalue weighted by Crippen LogP contribution is 2.25. The first kappa shape index (κ1) is 14.9. The van der Waals surface area contributed by atoms with Crippen LogP contribution < -0.4 is 4.90 Å². The third-order valence-electron chi connectivity index (χ3n) is 4.09. The first-order valence-corrected chi connectivity index (χ1v) is 7.84. The zero-order chi connectivity index (χ0) is 16.7. The van der Waals surface area contributed by atoms with Gasteiger partial charge in [-0.2, -0.15) is 4.52 Å². The molecule has 122 valence electrons. The molecule has 0 amide bonds. The number of carbonyl (C=O) groups excluding carboxylic acids is 1. The van der Waals surface area contributed by atoms with Gasteiger partial charge >= 0.3 is 5.97 Å². The summed E-state index contributed by atoms with van der Waals surface area (Å²) >= 11 is 5.93. The predicted octanol–water partition coefficient (Wildman–Crippen LogP) is 2.05. The van der Waals surface area contributed by atoms with Gasteiger partial charge in [-0.3, -0.25) is 4.79 Å². The molecule has 1 aromatic carbocycles. The Morgan fingerprint density at radius 3 is 2.62 bits per heavy atom. The van der Waals surface area contributed by atoms with E-state index in [4.69, 9.17) is 16.3 Å². The molecular formula is C16H14ClN5O2. The molecule has 7 nitrogen and oxygen atoms in total. The van der Waals surface area contributed by atoms with Crippen molar-refractivity contribution >= 4 is 29.0 Å². The third kappa shape index (κ3) is 2.46. The molecule has 0 saturated carbocycles. The summed E-state index contributed by atoms with van der Waals surface area (Å²) in [6, 6.07) is 11.1. The molecule has 0 N–H and O–H groups in total. The lowest BCUT2D eigenvalue weighted by Crippen LogP contribution is -2.51. The largest absolute Gasteiger partial charge is 0.469 e. The molecule has 0 atom stereocenters. The second-order valence-electron chi connectivity index (χ2n) is 5.62. The lowest BCUT2D eigenvalue weighted by molar-refractivity contribution is -0.146. The van der Waals surface area contributed by atoms with Crippen molar-refractivity contribution in [3.63, 3.8) is 0 Å². The van der Waals surface area contributed by atoms with E-state index in [0.717, 1.165) is 11.4 Å². The molecular weight excluding hydrogens is 330 g/mol. The van der Waals surface area contributed by atoms with Crippen LogP contribution in [0.4, 0.5) is 5.82 Å². The molecule has 0 bridgehead atoms. The Bertz CT molecular complexity index is 902. The highest BCUT2D eigenvalue weighted by Gasteiger charge is 2.34. The van der Waals surface area contributed by atoms with Gasteiger partial charge in [-0.15, -0.1) is 15.3 Å². The lowest BCUT2D eigenvalue weighted by atomic mass is 10.0. The van der Waals surface area contributed by atoms with Crippen LogP contribution in [0.2, 0.25) is 5.02 Å². The van der Waals surface area contributed by atoms with E-state index in [0.29, 0.717) is 29.6 Å². The van der Waals surface area contributed by atoms with Crippen molar-refractivity contribution in [2.45, 2.75) is 0 Å². The number of methoxy groups -OCH3 is 1. The number of esters is 1. The first-order valence-electron chi connectivity index (χ1n) is 7.47. The van der Waals surface area contributed by atoms with Crippen molar-refractivity contribution < 1.29 is 9.53 Å². The van der Waals surface area contributed by atoms with E-state index in [2.05, 4.69) is 15.3 Å². The number of anilines is 1. The number of hydrogen-bond donors (Lipinski definition) is 0. The highest BCUT2D eigenvalue weighted by atomic mass is 35.5. The Hall–Kier alpha value is -2.67. The molecule has 3 aromatic rings. The number of halogens is 1. The van der Waals surface area contributed by atoms with E-state index in [1.807, 2.05) is 29.2 Å². The summed E-state index contributed by atoms with van der Waals surface area (Å²) in [5.41, 5.74) is 1.54. The van der Waals surface area contributed by atoms with E-state index < -0.39 is 0 Å². The Kier molecular flexibility index (Phi) is 3.57. The normalized spacial score (nSPS) is 14.7. The molecule has 3 heterocycles. The zero-order valence-corrected chi connectivity index (χ0v) is 13.6. The molecule has 2 aromatic heterocycles. The van der Waals surface area contributed by atoms with Gasteiger partial charge < -0.3 is 9.64 Å². The van der Waals surface area contributed by atoms with Gasteiger partial charge in [0.15, 0.2) is 11.5 Å². The molecule has 0 aliphatic carbocycles. The Morgan fingerprint density at radius 2 is 1.92 bits per heavy atom. The Balaban J connectivity index is 1.65. The zero-order valence-electron chi connectivity index (χ0n) is 12.9. The van der Waals surface area contributed by atoms with Crippen molar-refractivity contribution in [2.24, 2.45) is 5.92 Å². The molecule has 4 rings (SSSR count). The van der Waals surface area contributed by atoms with Gasteiger partial charge in [-0.05, 0) is 36.4 Å². The van der Waals surface area contributed by atoms with Crippen LogP contribution in [0.1, 0.15) is 0 Å². The number of hydrogen-bond acceptors (Lipinski definition) is 6. The standard InChI is InChI=1S/C16H14ClN5O2/c1-24-16(23)11-8-21(9-11)14-7-6-13-18-19-15(22(13)20-14)10-2-4-12(17)5-3-10/h2-7,11H,8-9H2,1H3. The van der Waals surface area contributed by atoms with Crippen molar-refractivity contribution in [2.75, 3.05) is 25.1 Å². The second kappa shape index (κ2) is 5.76. The van der Waals surface area contributed by atoms with Gasteiger partial charge in [0.25, 0.3) is 0 Å². The minimum atomic E-state index is -0.182. The molecule has 8 heteroatoms. The van der Waals surface area contributed by atoms with Gasteiger partial charge in [0.2, 0.25) is 0 Å². The maximum atomic E-state index is 11.5. The molecule has 0 unspecified atom stereocenters. The first-order chi connectivity index (χ1) is 11.7. The maximum Gasteiger partial charge on any atom is 0.312 e. The maximum absolute atomic E-state index is 11.5. The number of ether oxygens (including phenoxy) is 1. The summed E-state index contributed by atoms with van der Waals surface area (Å²) in [5, 5.41) is 13.6. The average Bonchev–Trinajstić information content (AvgIpc) is 2.97. The summed E-state index contributed by atoms with van der Waals surface area (Å²) in [4.78, 5) is 13.5. The van der Waals surface area contributed by atoms with E-state index in [1.165, 1.54) is 7.11 Å². The van der Waals surface area contributed by atoms with Gasteiger partial charge in [0.1, 0.15) is 5.82 Å².